The van der Waals surface area contributed by atoms with Gasteiger partial charge in [-0.1, -0.05) is 6.07 Å². The number of methoxy groups -OCH3 is 1. The molecule has 1 aromatic rings. The zero-order chi connectivity index (χ0) is 15.2. The highest BCUT2D eigenvalue weighted by Gasteiger charge is 2.42. The molecular weight excluding hydrogens is 403 g/mol. The lowest BCUT2D eigenvalue weighted by Crippen LogP contribution is -2.39. The van der Waals surface area contributed by atoms with E-state index >= 15 is 0 Å². The van der Waals surface area contributed by atoms with Crippen LogP contribution in [0.2, 0.25) is 0 Å². The van der Waals surface area contributed by atoms with Gasteiger partial charge in [-0.25, -0.2) is 8.78 Å². The van der Waals surface area contributed by atoms with Crippen LogP contribution in [0.3, 0.4) is 0 Å². The average Bonchev–Trinajstić information content (AvgIpc) is 3.21. The minimum Gasteiger partial charge on any atom is -0.385 e. The predicted molar refractivity (Wildman–Crippen MR) is 93.9 cm³/mol. The Labute approximate surface area is 146 Å². The van der Waals surface area contributed by atoms with Gasteiger partial charge < -0.3 is 15.4 Å². The zero-order valence-electron chi connectivity index (χ0n) is 12.7. The third-order valence-electron chi connectivity index (χ3n) is 3.52. The molecule has 124 valence electrons. The minimum atomic E-state index is -0.479. The van der Waals surface area contributed by atoms with Crippen molar-refractivity contribution in [2.24, 2.45) is 4.99 Å². The quantitative estimate of drug-likeness (QED) is 0.319. The average molecular weight is 425 g/mol. The van der Waals surface area contributed by atoms with Gasteiger partial charge in [-0.15, -0.1) is 24.0 Å². The molecule has 4 nitrogen and oxygen atoms in total. The summed E-state index contributed by atoms with van der Waals surface area (Å²) in [5, 5.41) is 6.33. The van der Waals surface area contributed by atoms with Crippen molar-refractivity contribution in [2.45, 2.75) is 24.8 Å². The molecule has 2 rings (SSSR count). The lowest BCUT2D eigenvalue weighted by Gasteiger charge is -2.12. The van der Waals surface area contributed by atoms with Crippen LogP contribution in [-0.4, -0.2) is 39.3 Å². The number of ether oxygens (including phenoxy) is 1. The lowest BCUT2D eigenvalue weighted by atomic mass is 10.1. The molecule has 22 heavy (non-hydrogen) atoms. The number of aliphatic imine (C=N–C) groups is 1. The molecule has 1 fully saturated rings. The first-order chi connectivity index (χ1) is 10.2. The van der Waals surface area contributed by atoms with Crippen molar-refractivity contribution >= 4 is 29.9 Å². The number of hydrogen-bond donors (Lipinski definition) is 2. The number of guanidine groups is 1. The Morgan fingerprint density at radius 2 is 2.05 bits per heavy atom. The van der Waals surface area contributed by atoms with Crippen LogP contribution in [0, 0.1) is 11.6 Å². The van der Waals surface area contributed by atoms with E-state index in [0.29, 0.717) is 19.0 Å². The molecule has 2 atom stereocenters. The fourth-order valence-corrected chi connectivity index (χ4v) is 2.33. The fourth-order valence-electron chi connectivity index (χ4n) is 2.33. The largest absolute Gasteiger partial charge is 0.385 e. The van der Waals surface area contributed by atoms with E-state index in [4.69, 9.17) is 4.74 Å². The summed E-state index contributed by atoms with van der Waals surface area (Å²) in [5.41, 5.74) is 0.171. The Morgan fingerprint density at radius 1 is 1.36 bits per heavy atom. The van der Waals surface area contributed by atoms with Crippen molar-refractivity contribution in [3.05, 3.63) is 35.4 Å². The van der Waals surface area contributed by atoms with Gasteiger partial charge in [-0.2, -0.15) is 0 Å². The second-order valence-electron chi connectivity index (χ2n) is 5.07. The third kappa shape index (κ3) is 5.05. The van der Waals surface area contributed by atoms with Gasteiger partial charge in [0.15, 0.2) is 5.96 Å². The van der Waals surface area contributed by atoms with Crippen molar-refractivity contribution in [2.75, 3.05) is 27.3 Å². The molecule has 0 aromatic heterocycles. The highest BCUT2D eigenvalue weighted by Crippen LogP contribution is 2.42. The summed E-state index contributed by atoms with van der Waals surface area (Å²) in [6, 6.07) is 4.00. The van der Waals surface area contributed by atoms with Crippen LogP contribution in [0.1, 0.15) is 24.3 Å². The number of hydrogen-bond acceptors (Lipinski definition) is 2. The summed E-state index contributed by atoms with van der Waals surface area (Å²) in [6.45, 7) is 1.41. The van der Waals surface area contributed by atoms with Crippen LogP contribution in [0.25, 0.3) is 0 Å². The zero-order valence-corrected chi connectivity index (χ0v) is 15.1. The maximum atomic E-state index is 13.7. The molecule has 1 aromatic carbocycles. The highest BCUT2D eigenvalue weighted by molar-refractivity contribution is 14.0. The van der Waals surface area contributed by atoms with Crippen LogP contribution in [0.15, 0.2) is 23.2 Å². The van der Waals surface area contributed by atoms with E-state index < -0.39 is 11.6 Å². The van der Waals surface area contributed by atoms with Crippen LogP contribution in [-0.2, 0) is 4.74 Å². The second-order valence-corrected chi connectivity index (χ2v) is 5.07. The Balaban J connectivity index is 0.00000242. The van der Waals surface area contributed by atoms with Gasteiger partial charge in [-0.05, 0) is 25.0 Å². The molecule has 0 aliphatic heterocycles. The molecule has 0 heterocycles. The summed E-state index contributed by atoms with van der Waals surface area (Å²) in [4.78, 5) is 4.10. The van der Waals surface area contributed by atoms with E-state index in [2.05, 4.69) is 15.6 Å². The first-order valence-corrected chi connectivity index (χ1v) is 7.07. The van der Waals surface area contributed by atoms with Gasteiger partial charge >= 0.3 is 0 Å². The maximum absolute atomic E-state index is 13.7. The van der Waals surface area contributed by atoms with Crippen molar-refractivity contribution < 1.29 is 13.5 Å². The highest BCUT2D eigenvalue weighted by atomic mass is 127. The van der Waals surface area contributed by atoms with E-state index in [-0.39, 0.29) is 41.5 Å². The van der Waals surface area contributed by atoms with E-state index in [9.17, 15) is 8.78 Å². The molecule has 0 amide bonds. The normalized spacial score (nSPS) is 20.3. The van der Waals surface area contributed by atoms with Gasteiger partial charge in [0.05, 0.1) is 0 Å². The van der Waals surface area contributed by atoms with Gasteiger partial charge in [-0.3, -0.25) is 4.99 Å². The molecule has 0 spiro atoms. The molecule has 0 saturated heterocycles. The molecule has 2 N–H and O–H groups in total. The molecular formula is C15H22F2IN3O. The topological polar surface area (TPSA) is 45.7 Å². The van der Waals surface area contributed by atoms with Gasteiger partial charge in [0.1, 0.15) is 11.6 Å². The van der Waals surface area contributed by atoms with E-state index in [0.717, 1.165) is 13.0 Å². The molecule has 1 aliphatic rings. The van der Waals surface area contributed by atoms with Crippen LogP contribution in [0.5, 0.6) is 0 Å². The predicted octanol–water partition coefficient (Wildman–Crippen LogP) is 2.64. The second kappa shape index (κ2) is 9.24. The first-order valence-electron chi connectivity index (χ1n) is 7.07. The standard InChI is InChI=1S/C15H21F2N3O.HI/c1-18-15(19-7-4-8-21-2)20-13-9-10(13)14-11(16)5-3-6-12(14)17;/h3,5-6,10,13H,4,7-9H2,1-2H3,(H2,18,19,20);1H. The lowest BCUT2D eigenvalue weighted by molar-refractivity contribution is 0.195. The summed E-state index contributed by atoms with van der Waals surface area (Å²) >= 11 is 0. The number of nitrogens with one attached hydrogen (secondary N) is 2. The van der Waals surface area contributed by atoms with Crippen molar-refractivity contribution in [3.63, 3.8) is 0 Å². The number of benzene rings is 1. The minimum absolute atomic E-state index is 0. The Bertz CT molecular complexity index is 493. The summed E-state index contributed by atoms with van der Waals surface area (Å²) in [7, 11) is 3.33. The molecule has 1 saturated carbocycles. The summed E-state index contributed by atoms with van der Waals surface area (Å²) in [6.07, 6.45) is 1.57. The number of nitrogens with zero attached hydrogens (tertiary/aromatic N) is 1. The van der Waals surface area contributed by atoms with E-state index in [1.807, 2.05) is 0 Å². The van der Waals surface area contributed by atoms with Crippen LogP contribution >= 0.6 is 24.0 Å². The fraction of sp³-hybridized carbons (Fsp3) is 0.533. The molecule has 0 radical (unpaired) electrons. The van der Waals surface area contributed by atoms with Crippen molar-refractivity contribution in [1.82, 2.24) is 10.6 Å². The molecule has 2 unspecified atom stereocenters. The maximum Gasteiger partial charge on any atom is 0.191 e. The molecule has 0 bridgehead atoms. The van der Waals surface area contributed by atoms with Crippen LogP contribution < -0.4 is 10.6 Å². The molecule has 1 aliphatic carbocycles. The van der Waals surface area contributed by atoms with Gasteiger partial charge in [0, 0.05) is 44.8 Å². The summed E-state index contributed by atoms with van der Waals surface area (Å²) < 4.78 is 32.4. The number of halogens is 3. The van der Waals surface area contributed by atoms with E-state index in [1.54, 1.807) is 14.2 Å². The Hall–Kier alpha value is -0.960. The first kappa shape index (κ1) is 19.1. The molecule has 7 heteroatoms. The number of rotatable bonds is 6. The van der Waals surface area contributed by atoms with Gasteiger partial charge in [0.2, 0.25) is 0 Å². The van der Waals surface area contributed by atoms with Crippen LogP contribution in [0.4, 0.5) is 8.78 Å². The monoisotopic (exact) mass is 425 g/mol. The smallest absolute Gasteiger partial charge is 0.191 e. The third-order valence-corrected chi connectivity index (χ3v) is 3.52. The van der Waals surface area contributed by atoms with E-state index in [1.165, 1.54) is 18.2 Å². The van der Waals surface area contributed by atoms with Crippen molar-refractivity contribution in [3.8, 4) is 0 Å². The Morgan fingerprint density at radius 3 is 2.64 bits per heavy atom. The van der Waals surface area contributed by atoms with Crippen molar-refractivity contribution in [1.29, 1.82) is 0 Å². The summed E-state index contributed by atoms with van der Waals surface area (Å²) in [5.74, 6) is -0.446. The SMILES string of the molecule is CN=C(NCCCOC)NC1CC1c1c(F)cccc1F.I. The Kier molecular flexibility index (Phi) is 8.02. The van der Waals surface area contributed by atoms with Gasteiger partial charge in [0.25, 0.3) is 0 Å².